The Balaban J connectivity index is 1.77. The van der Waals surface area contributed by atoms with Crippen LogP contribution in [0.15, 0.2) is 41.1 Å². The summed E-state index contributed by atoms with van der Waals surface area (Å²) in [5.41, 5.74) is 0.333. The molecule has 0 unspecified atom stereocenters. The van der Waals surface area contributed by atoms with Crippen LogP contribution in [0.25, 0.3) is 0 Å². The van der Waals surface area contributed by atoms with Gasteiger partial charge >= 0.3 is 0 Å². The third-order valence-electron chi connectivity index (χ3n) is 5.15. The number of carbonyl (C=O) groups is 2. The first-order valence-electron chi connectivity index (χ1n) is 9.59. The molecule has 2 amide bonds. The number of aromatic nitrogens is 1. The molecule has 0 radical (unpaired) electrons. The van der Waals surface area contributed by atoms with Crippen molar-refractivity contribution in [3.63, 3.8) is 0 Å². The highest BCUT2D eigenvalue weighted by Crippen LogP contribution is 2.32. The highest BCUT2D eigenvalue weighted by Gasteiger charge is 2.40. The van der Waals surface area contributed by atoms with Gasteiger partial charge in [-0.1, -0.05) is 0 Å². The topological polar surface area (TPSA) is 58.7 Å². The molecule has 1 aliphatic rings. The molecule has 1 fully saturated rings. The fourth-order valence-electron chi connectivity index (χ4n) is 3.12. The molecule has 0 saturated heterocycles. The average molecular weight is 406 g/mol. The lowest BCUT2D eigenvalue weighted by molar-refractivity contribution is -0.146. The summed E-state index contributed by atoms with van der Waals surface area (Å²) in [5, 5.41) is 0. The number of rotatable bonds is 9. The van der Waals surface area contributed by atoms with Gasteiger partial charge in [0, 0.05) is 30.9 Å². The third-order valence-corrected chi connectivity index (χ3v) is 5.82. The predicted molar refractivity (Wildman–Crippen MR) is 108 cm³/mol. The first-order chi connectivity index (χ1) is 13.3. The van der Waals surface area contributed by atoms with Crippen LogP contribution in [-0.2, 0) is 29.7 Å². The van der Waals surface area contributed by atoms with E-state index in [1.54, 1.807) is 16.1 Å². The molecule has 0 bridgehead atoms. The first kappa shape index (κ1) is 20.5. The highest BCUT2D eigenvalue weighted by atomic mass is 35.5. The molecule has 0 N–H and O–H groups in total. The Bertz CT molecular complexity index is 809. The van der Waals surface area contributed by atoms with Crippen LogP contribution in [0.2, 0.25) is 0 Å². The lowest BCUT2D eigenvalue weighted by Gasteiger charge is -2.32. The maximum absolute atomic E-state index is 13.2. The minimum Gasteiger partial charge on any atom is -0.467 e. The summed E-state index contributed by atoms with van der Waals surface area (Å²) in [6.45, 7) is 4.53. The van der Waals surface area contributed by atoms with Crippen molar-refractivity contribution in [1.29, 1.82) is 0 Å². The van der Waals surface area contributed by atoms with E-state index in [1.165, 1.54) is 0 Å². The van der Waals surface area contributed by atoms with Crippen LogP contribution in [-0.4, -0.2) is 44.6 Å². The molecule has 0 atom stereocenters. The highest BCUT2D eigenvalue weighted by molar-refractivity contribution is 6.19. The van der Waals surface area contributed by atoms with E-state index in [2.05, 4.69) is 0 Å². The van der Waals surface area contributed by atoms with E-state index in [0.29, 0.717) is 18.8 Å². The summed E-state index contributed by atoms with van der Waals surface area (Å²) in [4.78, 5) is 29.6. The number of halogens is 1. The smallest absolute Gasteiger partial charge is 0.242 e. The van der Waals surface area contributed by atoms with Gasteiger partial charge in [0.25, 0.3) is 0 Å². The molecule has 7 heteroatoms. The van der Waals surface area contributed by atoms with E-state index in [9.17, 15) is 9.59 Å². The minimum atomic E-state index is -0.686. The van der Waals surface area contributed by atoms with Gasteiger partial charge in [-0.05, 0) is 51.0 Å². The Morgan fingerprint density at radius 3 is 2.54 bits per heavy atom. The largest absolute Gasteiger partial charge is 0.467 e. The predicted octanol–water partition coefficient (Wildman–Crippen LogP) is 3.40. The van der Waals surface area contributed by atoms with Gasteiger partial charge in [0.1, 0.15) is 12.3 Å². The molecule has 152 valence electrons. The van der Waals surface area contributed by atoms with Crippen LogP contribution in [0.1, 0.15) is 38.1 Å². The number of amides is 2. The molecule has 0 aromatic carbocycles. The summed E-state index contributed by atoms with van der Waals surface area (Å²) in [7, 11) is 1.95. The van der Waals surface area contributed by atoms with E-state index in [0.717, 1.165) is 18.5 Å². The van der Waals surface area contributed by atoms with Gasteiger partial charge in [-0.3, -0.25) is 9.59 Å². The summed E-state index contributed by atoms with van der Waals surface area (Å²) < 4.78 is 7.44. The monoisotopic (exact) mass is 405 g/mol. The molecule has 0 aliphatic heterocycles. The number of alkyl halides is 1. The molecule has 2 heterocycles. The van der Waals surface area contributed by atoms with Crippen molar-refractivity contribution in [1.82, 2.24) is 14.4 Å². The van der Waals surface area contributed by atoms with E-state index < -0.39 is 5.41 Å². The SMILES string of the molecule is Cn1cccc1CN(Cc1ccco1)C(=O)CN(C(=O)C(C)(C)CCl)C1CC1. The van der Waals surface area contributed by atoms with Crippen LogP contribution in [0.4, 0.5) is 0 Å². The zero-order valence-corrected chi connectivity index (χ0v) is 17.5. The summed E-state index contributed by atoms with van der Waals surface area (Å²) >= 11 is 6.01. The van der Waals surface area contributed by atoms with Crippen LogP contribution < -0.4 is 0 Å². The van der Waals surface area contributed by atoms with E-state index >= 15 is 0 Å². The van der Waals surface area contributed by atoms with E-state index in [-0.39, 0.29) is 30.3 Å². The Morgan fingerprint density at radius 2 is 2.00 bits per heavy atom. The van der Waals surface area contributed by atoms with E-state index in [4.69, 9.17) is 16.0 Å². The molecule has 2 aromatic heterocycles. The quantitative estimate of drug-likeness (QED) is 0.601. The maximum atomic E-state index is 13.2. The fourth-order valence-corrected chi connectivity index (χ4v) is 3.24. The first-order valence-corrected chi connectivity index (χ1v) is 10.1. The normalized spacial score (nSPS) is 14.1. The molecule has 28 heavy (non-hydrogen) atoms. The summed E-state index contributed by atoms with van der Waals surface area (Å²) in [6.07, 6.45) is 5.43. The lowest BCUT2D eigenvalue weighted by Crippen LogP contribution is -2.48. The number of carbonyl (C=O) groups excluding carboxylic acids is 2. The standard InChI is InChI=1S/C21H28ClN3O3/c1-21(2,15-22)20(27)25(16-8-9-16)14-19(26)24(13-18-7-5-11-28-18)12-17-6-4-10-23(17)3/h4-7,10-11,16H,8-9,12-15H2,1-3H3. The number of nitrogens with zero attached hydrogens (tertiary/aromatic N) is 3. The fraction of sp³-hybridized carbons (Fsp3) is 0.524. The van der Waals surface area contributed by atoms with Gasteiger partial charge in [0.2, 0.25) is 11.8 Å². The molecular weight excluding hydrogens is 378 g/mol. The van der Waals surface area contributed by atoms with Gasteiger partial charge in [-0.15, -0.1) is 11.6 Å². The van der Waals surface area contributed by atoms with Crippen molar-refractivity contribution in [3.8, 4) is 0 Å². The van der Waals surface area contributed by atoms with Gasteiger partial charge < -0.3 is 18.8 Å². The van der Waals surface area contributed by atoms with Crippen LogP contribution in [0.5, 0.6) is 0 Å². The van der Waals surface area contributed by atoms with Gasteiger partial charge in [0.15, 0.2) is 0 Å². The third kappa shape index (κ3) is 4.79. The van der Waals surface area contributed by atoms with Gasteiger partial charge in [0.05, 0.1) is 24.8 Å². The Kier molecular flexibility index (Phi) is 6.18. The molecular formula is C21H28ClN3O3. The van der Waals surface area contributed by atoms with E-state index in [1.807, 2.05) is 55.9 Å². The van der Waals surface area contributed by atoms with Crippen molar-refractivity contribution in [2.45, 2.75) is 45.8 Å². The summed E-state index contributed by atoms with van der Waals surface area (Å²) in [6, 6.07) is 7.74. The van der Waals surface area contributed by atoms with Crippen LogP contribution in [0, 0.1) is 5.41 Å². The minimum absolute atomic E-state index is 0.0600. The molecule has 6 nitrogen and oxygen atoms in total. The average Bonchev–Trinajstić information content (AvgIpc) is 3.23. The number of hydrogen-bond acceptors (Lipinski definition) is 3. The second-order valence-electron chi connectivity index (χ2n) is 8.12. The zero-order chi connectivity index (χ0) is 20.3. The second kappa shape index (κ2) is 8.43. The van der Waals surface area contributed by atoms with Crippen molar-refractivity contribution in [2.24, 2.45) is 12.5 Å². The number of hydrogen-bond donors (Lipinski definition) is 0. The van der Waals surface area contributed by atoms with Gasteiger partial charge in [-0.2, -0.15) is 0 Å². The number of furan rings is 1. The molecule has 1 aliphatic carbocycles. The number of aryl methyl sites for hydroxylation is 1. The van der Waals surface area contributed by atoms with Crippen molar-refractivity contribution in [3.05, 3.63) is 48.2 Å². The Hall–Kier alpha value is -2.21. The van der Waals surface area contributed by atoms with Crippen LogP contribution in [0.3, 0.4) is 0 Å². The summed E-state index contributed by atoms with van der Waals surface area (Å²) in [5.74, 6) is 0.786. The molecule has 2 aromatic rings. The Labute approximate surface area is 171 Å². The molecule has 1 saturated carbocycles. The Morgan fingerprint density at radius 1 is 1.25 bits per heavy atom. The van der Waals surface area contributed by atoms with Crippen molar-refractivity contribution < 1.29 is 14.0 Å². The van der Waals surface area contributed by atoms with Crippen LogP contribution >= 0.6 is 11.6 Å². The van der Waals surface area contributed by atoms with Crippen molar-refractivity contribution in [2.75, 3.05) is 12.4 Å². The molecule has 3 rings (SSSR count). The molecule has 0 spiro atoms. The zero-order valence-electron chi connectivity index (χ0n) is 16.7. The van der Waals surface area contributed by atoms with Gasteiger partial charge in [-0.25, -0.2) is 0 Å². The lowest BCUT2D eigenvalue weighted by atomic mass is 9.94. The second-order valence-corrected chi connectivity index (χ2v) is 8.39. The van der Waals surface area contributed by atoms with Crippen molar-refractivity contribution >= 4 is 23.4 Å². The maximum Gasteiger partial charge on any atom is 0.242 e.